The molecule has 0 aromatic carbocycles. The standard InChI is InChI=1S/C21H26Cl2O4/c1-18-7-5-13(25)9-12(18)3-4-15-14-6-8-20(27,17(26)11-24)19(14,2)10-16(22)21(15,18)23/h5,7,9,14-16,24,27H,3-4,6,8,10-11H2,1-2H3/t14-,15-,16+,18-,19+,20+,21+/m1/s1. The molecule has 4 aliphatic carbocycles. The summed E-state index contributed by atoms with van der Waals surface area (Å²) in [4.78, 5) is 23.6. The van der Waals surface area contributed by atoms with E-state index >= 15 is 0 Å². The molecular weight excluding hydrogens is 387 g/mol. The smallest absolute Gasteiger partial charge is 0.190 e. The fourth-order valence-electron chi connectivity index (χ4n) is 6.74. The predicted octanol–water partition coefficient (Wildman–Crippen LogP) is 3.17. The summed E-state index contributed by atoms with van der Waals surface area (Å²) in [7, 11) is 0. The Labute approximate surface area is 169 Å². The summed E-state index contributed by atoms with van der Waals surface area (Å²) in [5.74, 6) is -0.489. The van der Waals surface area contributed by atoms with Crippen molar-refractivity contribution < 1.29 is 19.8 Å². The van der Waals surface area contributed by atoms with Crippen LogP contribution in [0.25, 0.3) is 0 Å². The van der Waals surface area contributed by atoms with E-state index in [2.05, 4.69) is 6.92 Å². The summed E-state index contributed by atoms with van der Waals surface area (Å²) < 4.78 is 0. The molecule has 0 radical (unpaired) electrons. The van der Waals surface area contributed by atoms with E-state index in [0.29, 0.717) is 19.3 Å². The number of hydrogen-bond acceptors (Lipinski definition) is 4. The Morgan fingerprint density at radius 2 is 2.00 bits per heavy atom. The van der Waals surface area contributed by atoms with Crippen molar-refractivity contribution in [3.8, 4) is 0 Å². The van der Waals surface area contributed by atoms with E-state index in [1.807, 2.05) is 13.0 Å². The van der Waals surface area contributed by atoms with Gasteiger partial charge in [0.1, 0.15) is 12.2 Å². The zero-order valence-electron chi connectivity index (χ0n) is 15.7. The van der Waals surface area contributed by atoms with E-state index in [-0.39, 0.29) is 17.6 Å². The van der Waals surface area contributed by atoms with Crippen LogP contribution in [0.15, 0.2) is 23.8 Å². The maximum absolute atomic E-state index is 12.4. The molecule has 0 heterocycles. The first-order valence-corrected chi connectivity index (χ1v) is 10.5. The zero-order chi connectivity index (χ0) is 19.8. The second-order valence-electron chi connectivity index (χ2n) is 9.20. The molecule has 3 saturated carbocycles. The van der Waals surface area contributed by atoms with Crippen molar-refractivity contribution in [1.29, 1.82) is 0 Å². The van der Waals surface area contributed by atoms with Crippen molar-refractivity contribution >= 4 is 34.8 Å². The number of halogens is 2. The van der Waals surface area contributed by atoms with Gasteiger partial charge in [0.15, 0.2) is 11.6 Å². The van der Waals surface area contributed by atoms with Crippen LogP contribution in [0.2, 0.25) is 0 Å². The van der Waals surface area contributed by atoms with E-state index in [4.69, 9.17) is 23.2 Å². The van der Waals surface area contributed by atoms with Gasteiger partial charge in [-0.15, -0.1) is 23.2 Å². The van der Waals surface area contributed by atoms with E-state index in [0.717, 1.165) is 18.4 Å². The molecule has 0 bridgehead atoms. The highest BCUT2D eigenvalue weighted by molar-refractivity contribution is 6.34. The number of rotatable bonds is 2. The number of Topliss-reactive ketones (excluding diaryl/α,β-unsaturated/α-hetero) is 1. The van der Waals surface area contributed by atoms with Crippen LogP contribution in [0, 0.1) is 22.7 Å². The Bertz CT molecular complexity index is 776. The molecule has 4 nitrogen and oxygen atoms in total. The number of hydrogen-bond donors (Lipinski definition) is 2. The number of alkyl halides is 2. The molecule has 27 heavy (non-hydrogen) atoms. The van der Waals surface area contributed by atoms with Gasteiger partial charge in [-0.1, -0.05) is 25.5 Å². The van der Waals surface area contributed by atoms with Crippen LogP contribution in [0.5, 0.6) is 0 Å². The maximum atomic E-state index is 12.4. The Morgan fingerprint density at radius 1 is 1.30 bits per heavy atom. The Kier molecular flexibility index (Phi) is 4.30. The topological polar surface area (TPSA) is 74.6 Å². The Hall–Kier alpha value is -0.680. The third kappa shape index (κ3) is 2.19. The van der Waals surface area contributed by atoms with Crippen molar-refractivity contribution in [1.82, 2.24) is 0 Å². The second-order valence-corrected chi connectivity index (χ2v) is 10.3. The summed E-state index contributed by atoms with van der Waals surface area (Å²) in [6.45, 7) is 3.31. The quantitative estimate of drug-likeness (QED) is 0.682. The molecule has 3 fully saturated rings. The van der Waals surface area contributed by atoms with Crippen LogP contribution in [0.4, 0.5) is 0 Å². The average molecular weight is 413 g/mol. The average Bonchev–Trinajstić information content (AvgIpc) is 2.88. The molecule has 0 aliphatic heterocycles. The van der Waals surface area contributed by atoms with Gasteiger partial charge in [0, 0.05) is 10.8 Å². The molecule has 148 valence electrons. The lowest BCUT2D eigenvalue weighted by Crippen LogP contribution is -2.67. The van der Waals surface area contributed by atoms with Gasteiger partial charge in [0.05, 0.1) is 10.3 Å². The minimum atomic E-state index is -1.56. The van der Waals surface area contributed by atoms with Crippen LogP contribution in [0.3, 0.4) is 0 Å². The largest absolute Gasteiger partial charge is 0.388 e. The van der Waals surface area contributed by atoms with Crippen LogP contribution < -0.4 is 0 Å². The normalized spacial score (nSPS) is 51.3. The molecule has 2 N–H and O–H groups in total. The van der Waals surface area contributed by atoms with Crippen LogP contribution in [-0.4, -0.2) is 44.2 Å². The fraction of sp³-hybridized carbons (Fsp3) is 0.714. The molecule has 0 spiro atoms. The summed E-state index contributed by atoms with van der Waals surface area (Å²) >= 11 is 14.3. The van der Waals surface area contributed by atoms with Gasteiger partial charge in [-0.25, -0.2) is 0 Å². The number of fused-ring (bicyclic) bond motifs is 5. The highest BCUT2D eigenvalue weighted by Gasteiger charge is 2.72. The number of carbonyl (C=O) groups excluding carboxylic acids is 2. The van der Waals surface area contributed by atoms with Gasteiger partial charge in [-0.2, -0.15) is 0 Å². The molecule has 0 aromatic heterocycles. The first kappa shape index (κ1) is 19.6. The molecule has 0 saturated heterocycles. The molecule has 0 unspecified atom stereocenters. The third-order valence-electron chi connectivity index (χ3n) is 8.35. The third-order valence-corrected chi connectivity index (χ3v) is 9.90. The SMILES string of the molecule is C[C@]12C[C@H](Cl)[C@@]3(Cl)[C@H](CCC4=CC(=O)C=C[C@]43C)[C@H]1CC[C@]2(O)C(=O)CO. The van der Waals surface area contributed by atoms with Gasteiger partial charge in [-0.3, -0.25) is 9.59 Å². The number of carbonyl (C=O) groups is 2. The summed E-state index contributed by atoms with van der Waals surface area (Å²) in [6, 6.07) is 0. The van der Waals surface area contributed by atoms with Crippen molar-refractivity contribution in [3.63, 3.8) is 0 Å². The van der Waals surface area contributed by atoms with Crippen LogP contribution in [-0.2, 0) is 9.59 Å². The first-order valence-electron chi connectivity index (χ1n) is 9.68. The zero-order valence-corrected chi connectivity index (χ0v) is 17.2. The Morgan fingerprint density at radius 3 is 2.67 bits per heavy atom. The van der Waals surface area contributed by atoms with Crippen LogP contribution in [0.1, 0.15) is 46.0 Å². The van der Waals surface area contributed by atoms with Crippen LogP contribution >= 0.6 is 23.2 Å². The van der Waals surface area contributed by atoms with Crippen molar-refractivity contribution in [2.45, 2.75) is 61.8 Å². The number of ketones is 2. The second kappa shape index (κ2) is 5.91. The number of allylic oxidation sites excluding steroid dienone is 4. The van der Waals surface area contributed by atoms with Crippen molar-refractivity contribution in [2.24, 2.45) is 22.7 Å². The maximum Gasteiger partial charge on any atom is 0.190 e. The van der Waals surface area contributed by atoms with Gasteiger partial charge >= 0.3 is 0 Å². The Balaban J connectivity index is 1.81. The lowest BCUT2D eigenvalue weighted by Gasteiger charge is -2.63. The molecule has 0 amide bonds. The number of aliphatic hydroxyl groups is 2. The molecule has 4 aliphatic rings. The first-order chi connectivity index (χ1) is 12.5. The lowest BCUT2D eigenvalue weighted by atomic mass is 9.46. The van der Waals surface area contributed by atoms with Gasteiger partial charge in [0.25, 0.3) is 0 Å². The highest BCUT2D eigenvalue weighted by atomic mass is 35.5. The molecule has 7 atom stereocenters. The fourth-order valence-corrected chi connectivity index (χ4v) is 7.97. The minimum Gasteiger partial charge on any atom is -0.388 e. The highest BCUT2D eigenvalue weighted by Crippen LogP contribution is 2.71. The summed E-state index contributed by atoms with van der Waals surface area (Å²) in [5, 5.41) is 20.2. The van der Waals surface area contributed by atoms with Gasteiger partial charge < -0.3 is 10.2 Å². The summed E-state index contributed by atoms with van der Waals surface area (Å²) in [6.07, 6.45) is 8.11. The molecular formula is C21H26Cl2O4. The summed E-state index contributed by atoms with van der Waals surface area (Å²) in [5.41, 5.74) is -1.78. The van der Waals surface area contributed by atoms with E-state index < -0.39 is 39.1 Å². The van der Waals surface area contributed by atoms with Gasteiger partial charge in [-0.05, 0) is 56.1 Å². The monoisotopic (exact) mass is 412 g/mol. The predicted molar refractivity (Wildman–Crippen MR) is 104 cm³/mol. The van der Waals surface area contributed by atoms with E-state index in [9.17, 15) is 19.8 Å². The molecule has 6 heteroatoms. The lowest BCUT2D eigenvalue weighted by molar-refractivity contribution is -0.161. The number of aliphatic hydroxyl groups excluding tert-OH is 1. The van der Waals surface area contributed by atoms with Crippen molar-refractivity contribution in [3.05, 3.63) is 23.8 Å². The van der Waals surface area contributed by atoms with E-state index in [1.165, 1.54) is 0 Å². The molecule has 0 aromatic rings. The minimum absolute atomic E-state index is 0.0148. The van der Waals surface area contributed by atoms with Gasteiger partial charge in [0.2, 0.25) is 0 Å². The molecule has 4 rings (SSSR count). The van der Waals surface area contributed by atoms with E-state index in [1.54, 1.807) is 12.2 Å². The van der Waals surface area contributed by atoms with Crippen molar-refractivity contribution in [2.75, 3.05) is 6.61 Å².